The molecule has 0 bridgehead atoms. The van der Waals surface area contributed by atoms with E-state index in [1.165, 1.54) is 30.5 Å². The number of piperazine rings is 1. The molecule has 1 aromatic carbocycles. The third kappa shape index (κ3) is 5.06. The van der Waals surface area contributed by atoms with E-state index < -0.39 is 23.9 Å². The zero-order chi connectivity index (χ0) is 23.4. The summed E-state index contributed by atoms with van der Waals surface area (Å²) in [4.78, 5) is 41.5. The third-order valence-electron chi connectivity index (χ3n) is 5.63. The number of ether oxygens (including phenoxy) is 1. The van der Waals surface area contributed by atoms with Gasteiger partial charge in [-0.25, -0.2) is 14.0 Å². The standard InChI is InChI=1S/C23H25FN4O5/c1-2-32-22(30)19-17(25-23(31)26-20(19)15-5-7-16(24)8-6-15)14-27-9-11-28(12-10-27)21(29)18-4-3-13-33-18/h3-8,13,20H,2,9-12,14H2,1H3,(H2,25,26,31)/t20-/m0/s1. The van der Waals surface area contributed by atoms with Crippen molar-refractivity contribution in [2.24, 2.45) is 0 Å². The molecule has 3 amide bonds. The van der Waals surface area contributed by atoms with Crippen molar-refractivity contribution in [2.75, 3.05) is 39.3 Å². The molecule has 0 saturated carbocycles. The summed E-state index contributed by atoms with van der Waals surface area (Å²) in [7, 11) is 0. The number of benzene rings is 1. The zero-order valence-electron chi connectivity index (χ0n) is 18.2. The van der Waals surface area contributed by atoms with E-state index in [1.807, 2.05) is 4.90 Å². The van der Waals surface area contributed by atoms with Gasteiger partial charge in [0, 0.05) is 38.4 Å². The smallest absolute Gasteiger partial charge is 0.338 e. The van der Waals surface area contributed by atoms with Gasteiger partial charge in [0.2, 0.25) is 0 Å². The molecule has 10 heteroatoms. The van der Waals surface area contributed by atoms with Crippen LogP contribution in [-0.4, -0.2) is 67.0 Å². The first-order valence-corrected chi connectivity index (χ1v) is 10.7. The number of nitrogens with zero attached hydrogens (tertiary/aromatic N) is 2. The molecule has 4 rings (SSSR count). The molecule has 1 saturated heterocycles. The zero-order valence-corrected chi connectivity index (χ0v) is 18.2. The summed E-state index contributed by atoms with van der Waals surface area (Å²) in [6.07, 6.45) is 1.46. The average Bonchev–Trinajstić information content (AvgIpc) is 3.34. The average molecular weight is 456 g/mol. The van der Waals surface area contributed by atoms with E-state index in [-0.39, 0.29) is 18.1 Å². The van der Waals surface area contributed by atoms with Gasteiger partial charge in [0.25, 0.3) is 5.91 Å². The highest BCUT2D eigenvalue weighted by Gasteiger charge is 2.35. The molecule has 0 aliphatic carbocycles. The topological polar surface area (TPSA) is 104 Å². The predicted molar refractivity (Wildman–Crippen MR) is 116 cm³/mol. The van der Waals surface area contributed by atoms with E-state index >= 15 is 0 Å². The van der Waals surface area contributed by atoms with Crippen LogP contribution in [-0.2, 0) is 9.53 Å². The van der Waals surface area contributed by atoms with Crippen LogP contribution in [0, 0.1) is 5.82 Å². The Labute approximate surface area is 190 Å². The lowest BCUT2D eigenvalue weighted by Crippen LogP contribution is -2.52. The van der Waals surface area contributed by atoms with Gasteiger partial charge in [-0.1, -0.05) is 12.1 Å². The number of nitrogens with one attached hydrogen (secondary N) is 2. The van der Waals surface area contributed by atoms with Gasteiger partial charge in [-0.05, 0) is 36.8 Å². The molecule has 9 nitrogen and oxygen atoms in total. The minimum Gasteiger partial charge on any atom is -0.463 e. The fourth-order valence-corrected chi connectivity index (χ4v) is 3.99. The van der Waals surface area contributed by atoms with E-state index in [2.05, 4.69) is 10.6 Å². The maximum atomic E-state index is 13.4. The molecule has 3 heterocycles. The van der Waals surface area contributed by atoms with Gasteiger partial charge in [0.1, 0.15) is 5.82 Å². The number of amides is 3. The molecule has 1 atom stereocenters. The Bertz CT molecular complexity index is 1040. The molecule has 0 unspecified atom stereocenters. The van der Waals surface area contributed by atoms with Gasteiger partial charge in [-0.2, -0.15) is 0 Å². The van der Waals surface area contributed by atoms with Gasteiger partial charge < -0.3 is 24.7 Å². The Kier molecular flexibility index (Phi) is 6.74. The Hall–Kier alpha value is -3.66. The number of esters is 1. The molecule has 174 valence electrons. The number of carbonyl (C=O) groups excluding carboxylic acids is 3. The monoisotopic (exact) mass is 456 g/mol. The number of carbonyl (C=O) groups is 3. The van der Waals surface area contributed by atoms with Crippen LogP contribution in [0.4, 0.5) is 9.18 Å². The van der Waals surface area contributed by atoms with Crippen LogP contribution in [0.3, 0.4) is 0 Å². The van der Waals surface area contributed by atoms with E-state index in [0.717, 1.165) is 0 Å². The number of furan rings is 1. The third-order valence-corrected chi connectivity index (χ3v) is 5.63. The largest absolute Gasteiger partial charge is 0.463 e. The van der Waals surface area contributed by atoms with Crippen molar-refractivity contribution in [1.82, 2.24) is 20.4 Å². The van der Waals surface area contributed by atoms with E-state index in [9.17, 15) is 18.8 Å². The molecule has 1 aromatic heterocycles. The van der Waals surface area contributed by atoms with Crippen molar-refractivity contribution in [3.63, 3.8) is 0 Å². The fourth-order valence-electron chi connectivity index (χ4n) is 3.99. The van der Waals surface area contributed by atoms with Crippen molar-refractivity contribution in [2.45, 2.75) is 13.0 Å². The van der Waals surface area contributed by atoms with Crippen molar-refractivity contribution < 1.29 is 27.9 Å². The summed E-state index contributed by atoms with van der Waals surface area (Å²) in [5.41, 5.74) is 1.27. The Morgan fingerprint density at radius 1 is 1.15 bits per heavy atom. The second-order valence-electron chi connectivity index (χ2n) is 7.74. The van der Waals surface area contributed by atoms with Crippen molar-refractivity contribution in [3.8, 4) is 0 Å². The lowest BCUT2D eigenvalue weighted by molar-refractivity contribution is -0.139. The highest BCUT2D eigenvalue weighted by molar-refractivity contribution is 5.95. The molecule has 2 N–H and O–H groups in total. The Balaban J connectivity index is 1.53. The summed E-state index contributed by atoms with van der Waals surface area (Å²) >= 11 is 0. The number of hydrogen-bond acceptors (Lipinski definition) is 6. The molecule has 1 fully saturated rings. The first kappa shape index (κ1) is 22.5. The lowest BCUT2D eigenvalue weighted by atomic mass is 9.95. The van der Waals surface area contributed by atoms with Crippen LogP contribution in [0.25, 0.3) is 0 Å². The highest BCUT2D eigenvalue weighted by atomic mass is 19.1. The molecular weight excluding hydrogens is 431 g/mol. The second-order valence-corrected chi connectivity index (χ2v) is 7.74. The maximum absolute atomic E-state index is 13.4. The number of halogens is 1. The maximum Gasteiger partial charge on any atom is 0.338 e. The van der Waals surface area contributed by atoms with Crippen molar-refractivity contribution in [3.05, 3.63) is 71.1 Å². The summed E-state index contributed by atoms with van der Waals surface area (Å²) in [5, 5.41) is 5.47. The number of hydrogen-bond donors (Lipinski definition) is 2. The summed E-state index contributed by atoms with van der Waals surface area (Å²) in [6.45, 7) is 4.24. The van der Waals surface area contributed by atoms with Crippen LogP contribution >= 0.6 is 0 Å². The van der Waals surface area contributed by atoms with Crippen LogP contribution in [0.5, 0.6) is 0 Å². The second kappa shape index (κ2) is 9.86. The van der Waals surface area contributed by atoms with Gasteiger partial charge in [-0.15, -0.1) is 0 Å². The van der Waals surface area contributed by atoms with Crippen molar-refractivity contribution in [1.29, 1.82) is 0 Å². The highest BCUT2D eigenvalue weighted by Crippen LogP contribution is 2.28. The van der Waals surface area contributed by atoms with Crippen molar-refractivity contribution >= 4 is 17.9 Å². The van der Waals surface area contributed by atoms with Gasteiger partial charge in [-0.3, -0.25) is 9.69 Å². The quantitative estimate of drug-likeness (QED) is 0.645. The summed E-state index contributed by atoms with van der Waals surface area (Å²) in [5.74, 6) is -0.843. The number of urea groups is 1. The number of rotatable bonds is 6. The minimum atomic E-state index is -0.768. The summed E-state index contributed by atoms with van der Waals surface area (Å²) < 4.78 is 23.9. The van der Waals surface area contributed by atoms with Crippen LogP contribution in [0.15, 0.2) is 58.3 Å². The fraction of sp³-hybridized carbons (Fsp3) is 0.348. The van der Waals surface area contributed by atoms with Crippen LogP contribution in [0.2, 0.25) is 0 Å². The molecule has 33 heavy (non-hydrogen) atoms. The molecule has 2 aliphatic rings. The van der Waals surface area contributed by atoms with E-state index in [1.54, 1.807) is 24.0 Å². The van der Waals surface area contributed by atoms with Gasteiger partial charge in [0.15, 0.2) is 5.76 Å². The lowest BCUT2D eigenvalue weighted by Gasteiger charge is -2.36. The van der Waals surface area contributed by atoms with Crippen LogP contribution in [0.1, 0.15) is 29.1 Å². The summed E-state index contributed by atoms with van der Waals surface area (Å²) in [6, 6.07) is 7.69. The first-order valence-electron chi connectivity index (χ1n) is 10.7. The molecule has 0 radical (unpaired) electrons. The minimum absolute atomic E-state index is 0.169. The predicted octanol–water partition coefficient (Wildman–Crippen LogP) is 2.05. The molecular formula is C23H25FN4O5. The first-order chi connectivity index (χ1) is 16.0. The SMILES string of the molecule is CCOC(=O)C1=C(CN2CCN(C(=O)c3ccco3)CC2)NC(=O)N[C@H]1c1ccc(F)cc1. The molecule has 2 aliphatic heterocycles. The van der Waals surface area contributed by atoms with E-state index in [4.69, 9.17) is 9.15 Å². The van der Waals surface area contributed by atoms with Crippen LogP contribution < -0.4 is 10.6 Å². The Morgan fingerprint density at radius 2 is 1.88 bits per heavy atom. The normalized spacial score (nSPS) is 19.2. The Morgan fingerprint density at radius 3 is 2.52 bits per heavy atom. The van der Waals surface area contributed by atoms with E-state index in [0.29, 0.717) is 49.7 Å². The molecule has 0 spiro atoms. The van der Waals surface area contributed by atoms with Gasteiger partial charge >= 0.3 is 12.0 Å². The molecule has 2 aromatic rings. The van der Waals surface area contributed by atoms with Gasteiger partial charge in [0.05, 0.1) is 24.5 Å².